The van der Waals surface area contributed by atoms with Crippen molar-refractivity contribution in [3.8, 4) is 17.1 Å². The van der Waals surface area contributed by atoms with E-state index >= 15 is 0 Å². The third-order valence-corrected chi connectivity index (χ3v) is 7.14. The van der Waals surface area contributed by atoms with E-state index in [1.165, 1.54) is 32.3 Å². The maximum atomic E-state index is 12.4. The summed E-state index contributed by atoms with van der Waals surface area (Å²) in [6.45, 7) is 0. The monoisotopic (exact) mass is 481 g/mol. The second kappa shape index (κ2) is 9.69. The Balaban J connectivity index is 1.64. The summed E-state index contributed by atoms with van der Waals surface area (Å²) in [7, 11) is 0.795. The van der Waals surface area contributed by atoms with E-state index in [0.29, 0.717) is 11.0 Å². The Kier molecular flexibility index (Phi) is 7.21. The van der Waals surface area contributed by atoms with Crippen molar-refractivity contribution in [3.05, 3.63) is 47.5 Å². The lowest BCUT2D eigenvalue weighted by Gasteiger charge is -2.13. The minimum Gasteiger partial charge on any atom is -0.497 e. The largest absolute Gasteiger partial charge is 0.497 e. The van der Waals surface area contributed by atoms with Crippen molar-refractivity contribution < 1.29 is 17.9 Å². The van der Waals surface area contributed by atoms with Crippen LogP contribution in [0.1, 0.15) is 0 Å². The van der Waals surface area contributed by atoms with E-state index in [-0.39, 0.29) is 27.3 Å². The number of hydrogen-bond acceptors (Lipinski definition) is 7. The summed E-state index contributed by atoms with van der Waals surface area (Å²) in [5, 5.41) is 10.2. The lowest BCUT2D eigenvalue weighted by molar-refractivity contribution is -0.113. The highest BCUT2D eigenvalue weighted by atomic mass is 35.5. The Morgan fingerprint density at radius 2 is 1.94 bits per heavy atom. The number of rotatable bonds is 8. The Morgan fingerprint density at radius 3 is 2.58 bits per heavy atom. The lowest BCUT2D eigenvalue weighted by Crippen LogP contribution is -2.22. The van der Waals surface area contributed by atoms with Gasteiger partial charge in [-0.25, -0.2) is 17.7 Å². The number of amides is 1. The summed E-state index contributed by atoms with van der Waals surface area (Å²) in [5.41, 5.74) is 1.04. The molecule has 3 rings (SSSR count). The smallest absolute Gasteiger partial charge is 0.242 e. The number of anilines is 1. The zero-order chi connectivity index (χ0) is 22.6. The molecule has 0 saturated heterocycles. The number of methoxy groups -OCH3 is 1. The molecule has 0 aliphatic rings. The number of aromatic amines is 1. The van der Waals surface area contributed by atoms with E-state index < -0.39 is 10.0 Å². The Hall–Kier alpha value is -2.60. The quantitative estimate of drug-likeness (QED) is 0.474. The van der Waals surface area contributed by atoms with E-state index in [4.69, 9.17) is 16.3 Å². The average molecular weight is 482 g/mol. The summed E-state index contributed by atoms with van der Waals surface area (Å²) in [5.74, 6) is 0.939. The molecule has 0 radical (unpaired) electrons. The number of nitrogens with one attached hydrogen (secondary N) is 2. The zero-order valence-electron chi connectivity index (χ0n) is 16.9. The fraction of sp³-hybridized carbons (Fsp3) is 0.211. The van der Waals surface area contributed by atoms with Gasteiger partial charge in [0.05, 0.1) is 28.5 Å². The standard InChI is InChI=1S/C19H20ClN5O4S2/c1-25(2)31(27,28)14-8-9-15(20)16(10-14)21-17(26)11-30-19-22-18(23-24-19)12-4-6-13(29-3)7-5-12/h4-10H,11H2,1-3H3,(H,21,26)(H,22,23,24). The van der Waals surface area contributed by atoms with Gasteiger partial charge in [-0.1, -0.05) is 23.4 Å². The van der Waals surface area contributed by atoms with E-state index in [1.807, 2.05) is 24.3 Å². The number of sulfonamides is 1. The van der Waals surface area contributed by atoms with Crippen LogP contribution in [-0.2, 0) is 14.8 Å². The molecule has 2 aromatic carbocycles. The molecule has 0 aliphatic heterocycles. The van der Waals surface area contributed by atoms with Gasteiger partial charge in [0.25, 0.3) is 0 Å². The number of H-pyrrole nitrogens is 1. The lowest BCUT2D eigenvalue weighted by atomic mass is 10.2. The molecule has 3 aromatic rings. The molecular formula is C19H20ClN5O4S2. The first-order valence-electron chi connectivity index (χ1n) is 8.92. The van der Waals surface area contributed by atoms with Gasteiger partial charge in [-0.05, 0) is 42.5 Å². The molecule has 12 heteroatoms. The SMILES string of the molecule is COc1ccc(-c2nc(SCC(=O)Nc3cc(S(=O)(=O)N(C)C)ccc3Cl)n[nH]2)cc1. The number of thioether (sulfide) groups is 1. The van der Waals surface area contributed by atoms with Crippen LogP contribution >= 0.6 is 23.4 Å². The molecule has 164 valence electrons. The van der Waals surface area contributed by atoms with E-state index in [2.05, 4.69) is 20.5 Å². The van der Waals surface area contributed by atoms with Crippen LogP contribution in [0.25, 0.3) is 11.4 Å². The van der Waals surface area contributed by atoms with Crippen LogP contribution in [0, 0.1) is 0 Å². The van der Waals surface area contributed by atoms with Gasteiger partial charge in [0.1, 0.15) is 5.75 Å². The number of benzene rings is 2. The molecule has 1 aromatic heterocycles. The highest BCUT2D eigenvalue weighted by Gasteiger charge is 2.19. The van der Waals surface area contributed by atoms with Crippen molar-refractivity contribution in [2.24, 2.45) is 0 Å². The van der Waals surface area contributed by atoms with Crippen molar-refractivity contribution in [2.75, 3.05) is 32.3 Å². The first-order valence-corrected chi connectivity index (χ1v) is 11.7. The van der Waals surface area contributed by atoms with Gasteiger partial charge in [-0.2, -0.15) is 0 Å². The summed E-state index contributed by atoms with van der Waals surface area (Å²) >= 11 is 7.24. The number of halogens is 1. The first-order chi connectivity index (χ1) is 14.7. The molecular weight excluding hydrogens is 462 g/mol. The maximum absolute atomic E-state index is 12.4. The molecule has 0 fully saturated rings. The predicted octanol–water partition coefficient (Wildman–Crippen LogP) is 3.11. The second-order valence-corrected chi connectivity index (χ2v) is 9.96. The topological polar surface area (TPSA) is 117 Å². The molecule has 2 N–H and O–H groups in total. The summed E-state index contributed by atoms with van der Waals surface area (Å²) in [6.07, 6.45) is 0. The predicted molar refractivity (Wildman–Crippen MR) is 120 cm³/mol. The second-order valence-electron chi connectivity index (χ2n) is 6.46. The van der Waals surface area contributed by atoms with Crippen LogP contribution in [0.4, 0.5) is 5.69 Å². The van der Waals surface area contributed by atoms with Gasteiger partial charge in [-0.3, -0.25) is 9.89 Å². The van der Waals surface area contributed by atoms with E-state index in [9.17, 15) is 13.2 Å². The summed E-state index contributed by atoms with van der Waals surface area (Å²) < 4.78 is 30.8. The minimum absolute atomic E-state index is 0.0148. The van der Waals surface area contributed by atoms with Gasteiger partial charge in [0.15, 0.2) is 5.82 Å². The number of hydrogen-bond donors (Lipinski definition) is 2. The van der Waals surface area contributed by atoms with E-state index in [1.54, 1.807) is 7.11 Å². The van der Waals surface area contributed by atoms with Crippen LogP contribution in [0.3, 0.4) is 0 Å². The fourth-order valence-corrected chi connectivity index (χ4v) is 4.17. The van der Waals surface area contributed by atoms with Crippen molar-refractivity contribution >= 4 is 45.0 Å². The molecule has 0 atom stereocenters. The summed E-state index contributed by atoms with van der Waals surface area (Å²) in [6, 6.07) is 11.5. The molecule has 1 heterocycles. The third kappa shape index (κ3) is 5.56. The Bertz CT molecular complexity index is 1180. The highest BCUT2D eigenvalue weighted by molar-refractivity contribution is 7.99. The van der Waals surface area contributed by atoms with Crippen LogP contribution in [-0.4, -0.2) is 60.8 Å². The Morgan fingerprint density at radius 1 is 1.23 bits per heavy atom. The van der Waals surface area contributed by atoms with Crippen molar-refractivity contribution in [1.29, 1.82) is 0 Å². The van der Waals surface area contributed by atoms with Crippen molar-refractivity contribution in [2.45, 2.75) is 10.1 Å². The van der Waals surface area contributed by atoms with Gasteiger partial charge < -0.3 is 10.1 Å². The molecule has 0 bridgehead atoms. The van der Waals surface area contributed by atoms with Crippen molar-refractivity contribution in [1.82, 2.24) is 19.5 Å². The fourth-order valence-electron chi connectivity index (χ4n) is 2.48. The van der Waals surface area contributed by atoms with Crippen LogP contribution in [0.2, 0.25) is 5.02 Å². The zero-order valence-corrected chi connectivity index (χ0v) is 19.3. The number of nitrogens with zero attached hydrogens (tertiary/aromatic N) is 3. The molecule has 9 nitrogen and oxygen atoms in total. The van der Waals surface area contributed by atoms with Gasteiger partial charge in [-0.15, -0.1) is 5.10 Å². The molecule has 31 heavy (non-hydrogen) atoms. The van der Waals surface area contributed by atoms with E-state index in [0.717, 1.165) is 27.4 Å². The number of carbonyl (C=O) groups excluding carboxylic acids is 1. The molecule has 1 amide bonds. The number of carbonyl (C=O) groups is 1. The van der Waals surface area contributed by atoms with Crippen molar-refractivity contribution in [3.63, 3.8) is 0 Å². The molecule has 0 unspecified atom stereocenters. The first kappa shape index (κ1) is 23.1. The minimum atomic E-state index is -3.65. The normalized spacial score (nSPS) is 11.5. The molecule has 0 aliphatic carbocycles. The van der Waals surface area contributed by atoms with Crippen LogP contribution < -0.4 is 10.1 Å². The maximum Gasteiger partial charge on any atom is 0.242 e. The molecule has 0 saturated carbocycles. The summed E-state index contributed by atoms with van der Waals surface area (Å²) in [4.78, 5) is 16.7. The molecule has 0 spiro atoms. The highest BCUT2D eigenvalue weighted by Crippen LogP contribution is 2.27. The van der Waals surface area contributed by atoms with Gasteiger partial charge in [0, 0.05) is 19.7 Å². The third-order valence-electron chi connectivity index (χ3n) is 4.15. The van der Waals surface area contributed by atoms with Crippen LogP contribution in [0.15, 0.2) is 52.5 Å². The number of aromatic nitrogens is 3. The van der Waals surface area contributed by atoms with Gasteiger partial charge in [0.2, 0.25) is 21.1 Å². The Labute approximate surface area is 189 Å². The van der Waals surface area contributed by atoms with Crippen LogP contribution in [0.5, 0.6) is 5.75 Å². The average Bonchev–Trinajstić information content (AvgIpc) is 3.22. The number of ether oxygens (including phenoxy) is 1. The van der Waals surface area contributed by atoms with Gasteiger partial charge >= 0.3 is 0 Å².